The van der Waals surface area contributed by atoms with E-state index in [-0.39, 0.29) is 17.7 Å². The second-order valence-electron chi connectivity index (χ2n) is 8.06. The van der Waals surface area contributed by atoms with Gasteiger partial charge >= 0.3 is 0 Å². The molecule has 1 fully saturated rings. The molecule has 2 N–H and O–H groups in total. The third-order valence-electron chi connectivity index (χ3n) is 5.68. The number of likely N-dealkylation sites (tertiary alicyclic amines) is 1. The molecule has 10 heteroatoms. The third kappa shape index (κ3) is 5.13. The van der Waals surface area contributed by atoms with Crippen LogP contribution in [0.2, 0.25) is 0 Å². The highest BCUT2D eigenvalue weighted by Gasteiger charge is 2.27. The number of aryl methyl sites for hydroxylation is 2. The summed E-state index contributed by atoms with van der Waals surface area (Å²) in [6.45, 7) is 5.55. The van der Waals surface area contributed by atoms with Crippen molar-refractivity contribution in [2.45, 2.75) is 39.7 Å². The molecule has 1 aliphatic rings. The summed E-state index contributed by atoms with van der Waals surface area (Å²) in [5.74, 6) is 0.686. The van der Waals surface area contributed by atoms with Crippen LogP contribution in [0.4, 0.5) is 5.13 Å². The Bertz CT molecular complexity index is 1160. The Morgan fingerprint density at radius 1 is 1.22 bits per heavy atom. The minimum absolute atomic E-state index is 0.0149. The monoisotopic (exact) mass is 470 g/mol. The maximum Gasteiger partial charge on any atom is 0.229 e. The zero-order valence-corrected chi connectivity index (χ0v) is 19.8. The van der Waals surface area contributed by atoms with E-state index in [9.17, 15) is 9.59 Å². The van der Waals surface area contributed by atoms with Crippen LogP contribution >= 0.6 is 23.6 Å². The number of carbonyl (C=O) groups is 2. The normalized spacial score (nSPS) is 14.5. The molecule has 4 rings (SSSR count). The SMILES string of the molecule is Cc1ccc(-c2n[nH]c(=S)n2CCC(=O)N2CCC(C(=O)Nc3nc(C)cs3)CC2)cc1. The van der Waals surface area contributed by atoms with Crippen LogP contribution in [0.1, 0.15) is 30.5 Å². The molecule has 1 aromatic carbocycles. The number of nitrogens with zero attached hydrogens (tertiary/aromatic N) is 4. The van der Waals surface area contributed by atoms with Gasteiger partial charge in [0.05, 0.1) is 5.69 Å². The van der Waals surface area contributed by atoms with E-state index < -0.39 is 0 Å². The zero-order chi connectivity index (χ0) is 22.7. The van der Waals surface area contributed by atoms with Gasteiger partial charge in [-0.25, -0.2) is 4.98 Å². The lowest BCUT2D eigenvalue weighted by Crippen LogP contribution is -2.41. The van der Waals surface area contributed by atoms with Crippen molar-refractivity contribution in [3.05, 3.63) is 45.7 Å². The minimum atomic E-state index is -0.0983. The molecule has 32 heavy (non-hydrogen) atoms. The van der Waals surface area contributed by atoms with Gasteiger partial charge in [0, 0.05) is 42.9 Å². The van der Waals surface area contributed by atoms with Crippen LogP contribution in [0.25, 0.3) is 11.4 Å². The van der Waals surface area contributed by atoms with E-state index in [0.29, 0.717) is 48.8 Å². The first-order chi connectivity index (χ1) is 15.4. The molecule has 1 aliphatic heterocycles. The summed E-state index contributed by atoms with van der Waals surface area (Å²) in [5, 5.41) is 12.6. The number of rotatable bonds is 6. The van der Waals surface area contributed by atoms with Gasteiger partial charge in [-0.05, 0) is 38.9 Å². The van der Waals surface area contributed by atoms with Crippen LogP contribution in [0.15, 0.2) is 29.6 Å². The fourth-order valence-corrected chi connectivity index (χ4v) is 4.74. The lowest BCUT2D eigenvalue weighted by molar-refractivity contribution is -0.134. The van der Waals surface area contributed by atoms with Crippen molar-refractivity contribution in [1.29, 1.82) is 0 Å². The molecule has 2 aromatic heterocycles. The van der Waals surface area contributed by atoms with Gasteiger partial charge in [-0.2, -0.15) is 5.10 Å². The first kappa shape index (κ1) is 22.3. The summed E-state index contributed by atoms with van der Waals surface area (Å²) in [6, 6.07) is 8.06. The number of benzene rings is 1. The summed E-state index contributed by atoms with van der Waals surface area (Å²) in [6.07, 6.45) is 1.64. The van der Waals surface area contributed by atoms with Crippen LogP contribution in [0, 0.1) is 24.5 Å². The van der Waals surface area contributed by atoms with Gasteiger partial charge < -0.3 is 10.2 Å². The molecule has 8 nitrogen and oxygen atoms in total. The molecule has 3 aromatic rings. The van der Waals surface area contributed by atoms with Crippen molar-refractivity contribution < 1.29 is 9.59 Å². The van der Waals surface area contributed by atoms with E-state index in [1.54, 1.807) is 0 Å². The van der Waals surface area contributed by atoms with Crippen molar-refractivity contribution in [2.75, 3.05) is 18.4 Å². The van der Waals surface area contributed by atoms with Gasteiger partial charge in [-0.3, -0.25) is 19.3 Å². The van der Waals surface area contributed by atoms with Gasteiger partial charge in [0.15, 0.2) is 15.7 Å². The minimum Gasteiger partial charge on any atom is -0.343 e. The number of H-pyrrole nitrogens is 1. The molecule has 0 bridgehead atoms. The maximum atomic E-state index is 12.8. The predicted molar refractivity (Wildman–Crippen MR) is 127 cm³/mol. The molecule has 168 valence electrons. The highest BCUT2D eigenvalue weighted by atomic mass is 32.1. The molecule has 3 heterocycles. The fourth-order valence-electron chi connectivity index (χ4n) is 3.82. The molecule has 0 unspecified atom stereocenters. The highest BCUT2D eigenvalue weighted by molar-refractivity contribution is 7.71. The molecular weight excluding hydrogens is 444 g/mol. The average Bonchev–Trinajstić information content (AvgIpc) is 3.37. The molecule has 0 atom stereocenters. The quantitative estimate of drug-likeness (QED) is 0.532. The number of aromatic amines is 1. The van der Waals surface area contributed by atoms with E-state index in [2.05, 4.69) is 20.5 Å². The number of hydrogen-bond acceptors (Lipinski definition) is 6. The smallest absolute Gasteiger partial charge is 0.229 e. The summed E-state index contributed by atoms with van der Waals surface area (Å²) in [7, 11) is 0. The number of carbonyl (C=O) groups excluding carboxylic acids is 2. The van der Waals surface area contributed by atoms with Gasteiger partial charge in [-0.15, -0.1) is 11.3 Å². The molecular formula is C22H26N6O2S2. The molecule has 0 saturated carbocycles. The van der Waals surface area contributed by atoms with Crippen molar-refractivity contribution in [1.82, 2.24) is 24.6 Å². The fraction of sp³-hybridized carbons (Fsp3) is 0.409. The lowest BCUT2D eigenvalue weighted by Gasteiger charge is -2.31. The van der Waals surface area contributed by atoms with E-state index in [4.69, 9.17) is 12.2 Å². The Hall–Kier alpha value is -2.85. The Kier molecular flexibility index (Phi) is 6.80. The molecule has 0 spiro atoms. The number of thiazole rings is 1. The van der Waals surface area contributed by atoms with Gasteiger partial charge in [-0.1, -0.05) is 29.8 Å². The van der Waals surface area contributed by atoms with Gasteiger partial charge in [0.2, 0.25) is 11.8 Å². The number of nitrogens with one attached hydrogen (secondary N) is 2. The summed E-state index contributed by atoms with van der Waals surface area (Å²) in [5.41, 5.74) is 3.02. The van der Waals surface area contributed by atoms with Crippen molar-refractivity contribution in [3.63, 3.8) is 0 Å². The Balaban J connectivity index is 1.30. The third-order valence-corrected chi connectivity index (χ3v) is 6.87. The maximum absolute atomic E-state index is 12.8. The average molecular weight is 471 g/mol. The van der Waals surface area contributed by atoms with Crippen molar-refractivity contribution >= 4 is 40.5 Å². The zero-order valence-electron chi connectivity index (χ0n) is 18.1. The largest absolute Gasteiger partial charge is 0.343 e. The molecule has 1 saturated heterocycles. The van der Waals surface area contributed by atoms with Crippen LogP contribution in [-0.4, -0.2) is 49.6 Å². The summed E-state index contributed by atoms with van der Waals surface area (Å²) < 4.78 is 2.37. The number of anilines is 1. The lowest BCUT2D eigenvalue weighted by atomic mass is 9.96. The second-order valence-corrected chi connectivity index (χ2v) is 9.30. The number of amides is 2. The first-order valence-electron chi connectivity index (χ1n) is 10.6. The highest BCUT2D eigenvalue weighted by Crippen LogP contribution is 2.22. The van der Waals surface area contributed by atoms with Crippen LogP contribution < -0.4 is 5.32 Å². The number of aromatic nitrogens is 4. The second kappa shape index (κ2) is 9.74. The van der Waals surface area contributed by atoms with Gasteiger partial charge in [0.1, 0.15) is 0 Å². The standard InChI is InChI=1S/C22H26N6O2S2/c1-14-3-5-16(6-4-14)19-25-26-22(31)28(19)12-9-18(29)27-10-7-17(8-11-27)20(30)24-21-23-15(2)13-32-21/h3-6,13,17H,7-12H2,1-2H3,(H,26,31)(H,23,24,30). The first-order valence-corrected chi connectivity index (χ1v) is 11.9. The molecule has 0 aliphatic carbocycles. The van der Waals surface area contributed by atoms with Gasteiger partial charge in [0.25, 0.3) is 0 Å². The van der Waals surface area contributed by atoms with E-state index in [0.717, 1.165) is 17.1 Å². The van der Waals surface area contributed by atoms with E-state index >= 15 is 0 Å². The molecule has 0 radical (unpaired) electrons. The molecule has 2 amide bonds. The van der Waals surface area contributed by atoms with E-state index in [1.165, 1.54) is 16.9 Å². The number of piperidine rings is 1. The Morgan fingerprint density at radius 3 is 2.59 bits per heavy atom. The van der Waals surface area contributed by atoms with E-state index in [1.807, 2.05) is 53.0 Å². The Morgan fingerprint density at radius 2 is 1.94 bits per heavy atom. The Labute approximate surface area is 195 Å². The topological polar surface area (TPSA) is 95.9 Å². The van der Waals surface area contributed by atoms with Crippen molar-refractivity contribution in [2.24, 2.45) is 5.92 Å². The summed E-state index contributed by atoms with van der Waals surface area (Å²) >= 11 is 6.81. The van der Waals surface area contributed by atoms with Crippen LogP contribution in [0.5, 0.6) is 0 Å². The van der Waals surface area contributed by atoms with Crippen LogP contribution in [-0.2, 0) is 16.1 Å². The number of hydrogen-bond donors (Lipinski definition) is 2. The summed E-state index contributed by atoms with van der Waals surface area (Å²) in [4.78, 5) is 31.4. The van der Waals surface area contributed by atoms with Crippen LogP contribution in [0.3, 0.4) is 0 Å². The van der Waals surface area contributed by atoms with Crippen molar-refractivity contribution in [3.8, 4) is 11.4 Å². The predicted octanol–water partition coefficient (Wildman–Crippen LogP) is 3.95.